The third-order valence-corrected chi connectivity index (χ3v) is 6.33. The van der Waals surface area contributed by atoms with Crippen LogP contribution in [-0.4, -0.2) is 11.1 Å². The second kappa shape index (κ2) is 7.16. The van der Waals surface area contributed by atoms with Gasteiger partial charge in [0, 0.05) is 23.8 Å². The summed E-state index contributed by atoms with van der Waals surface area (Å²) in [5.41, 5.74) is 2.81. The summed E-state index contributed by atoms with van der Waals surface area (Å²) in [5, 5.41) is 18.0. The minimum Gasteiger partial charge on any atom is -0.369 e. The summed E-state index contributed by atoms with van der Waals surface area (Å²) in [5.74, 6) is 1.82. The molecule has 3 unspecified atom stereocenters. The number of nitrogens with one attached hydrogen (secondary N) is 2. The molecule has 25 heavy (non-hydrogen) atoms. The van der Waals surface area contributed by atoms with E-state index in [-0.39, 0.29) is 0 Å². The van der Waals surface area contributed by atoms with Crippen LogP contribution in [0.4, 0.5) is 5.69 Å². The molecule has 0 aliphatic heterocycles. The van der Waals surface area contributed by atoms with Gasteiger partial charge in [-0.3, -0.25) is 0 Å². The highest BCUT2D eigenvalue weighted by Gasteiger charge is 2.45. The Morgan fingerprint density at radius 3 is 2.36 bits per heavy atom. The Morgan fingerprint density at radius 1 is 1.00 bits per heavy atom. The zero-order chi connectivity index (χ0) is 17.4. The van der Waals surface area contributed by atoms with Crippen molar-refractivity contribution in [3.05, 3.63) is 63.6 Å². The van der Waals surface area contributed by atoms with Crippen molar-refractivity contribution in [3.63, 3.8) is 0 Å². The van der Waals surface area contributed by atoms with Crippen molar-refractivity contribution in [2.45, 2.75) is 38.1 Å². The molecule has 2 bridgehead atoms. The summed E-state index contributed by atoms with van der Waals surface area (Å²) >= 11 is 11.9. The third kappa shape index (κ3) is 3.65. The molecule has 3 atom stereocenters. The second-order valence-electron chi connectivity index (χ2n) is 7.16. The van der Waals surface area contributed by atoms with Gasteiger partial charge in [0.15, 0.2) is 6.23 Å². The number of anilines is 1. The van der Waals surface area contributed by atoms with Crippen molar-refractivity contribution in [3.8, 4) is 0 Å². The normalized spacial score (nSPS) is 25.5. The number of hydrogen-bond donors (Lipinski definition) is 3. The highest BCUT2D eigenvalue weighted by Crippen LogP contribution is 2.48. The lowest BCUT2D eigenvalue weighted by Crippen LogP contribution is -2.45. The highest BCUT2D eigenvalue weighted by molar-refractivity contribution is 6.42. The zero-order valence-corrected chi connectivity index (χ0v) is 15.4. The van der Waals surface area contributed by atoms with Crippen molar-refractivity contribution in [1.29, 1.82) is 0 Å². The fourth-order valence-corrected chi connectivity index (χ4v) is 4.41. The fraction of sp³-hybridized carbons (Fsp3) is 0.400. The first-order valence-corrected chi connectivity index (χ1v) is 9.57. The maximum Gasteiger partial charge on any atom is 0.150 e. The molecule has 0 radical (unpaired) electrons. The van der Waals surface area contributed by atoms with E-state index in [4.69, 9.17) is 23.2 Å². The van der Waals surface area contributed by atoms with Crippen LogP contribution >= 0.6 is 23.2 Å². The van der Waals surface area contributed by atoms with Gasteiger partial charge < -0.3 is 15.7 Å². The van der Waals surface area contributed by atoms with Crippen molar-refractivity contribution in [1.82, 2.24) is 5.32 Å². The second-order valence-corrected chi connectivity index (χ2v) is 7.97. The van der Waals surface area contributed by atoms with Crippen LogP contribution in [0.1, 0.15) is 36.6 Å². The Hall–Kier alpha value is -1.26. The van der Waals surface area contributed by atoms with E-state index in [9.17, 15) is 5.11 Å². The van der Waals surface area contributed by atoms with Crippen molar-refractivity contribution in [2.24, 2.45) is 11.8 Å². The number of rotatable bonds is 6. The van der Waals surface area contributed by atoms with E-state index < -0.39 is 6.23 Å². The molecule has 2 aromatic carbocycles. The quantitative estimate of drug-likeness (QED) is 0.622. The first-order valence-electron chi connectivity index (χ1n) is 8.82. The summed E-state index contributed by atoms with van der Waals surface area (Å²) in [7, 11) is 0. The molecule has 0 amide bonds. The Labute approximate surface area is 158 Å². The van der Waals surface area contributed by atoms with E-state index in [1.807, 2.05) is 12.1 Å². The standard InChI is InChI=1S/C20H22Cl2N2O/c21-17-8-5-15(10-18(17)22)20(25)24-16-6-1-12(2-7-16)11-23-19-13-3-4-14(19)9-13/h1-2,5-8,10,13-14,19-20,23-25H,3-4,9,11H2. The van der Waals surface area contributed by atoms with Crippen molar-refractivity contribution in [2.75, 3.05) is 5.32 Å². The van der Waals surface area contributed by atoms with Gasteiger partial charge in [0.2, 0.25) is 0 Å². The maximum atomic E-state index is 10.3. The fourth-order valence-electron chi connectivity index (χ4n) is 4.11. The largest absolute Gasteiger partial charge is 0.369 e. The number of hydrogen-bond acceptors (Lipinski definition) is 3. The molecule has 0 heterocycles. The first-order chi connectivity index (χ1) is 12.1. The minimum absolute atomic E-state index is 0.436. The molecule has 3 nitrogen and oxygen atoms in total. The average Bonchev–Trinajstić information content (AvgIpc) is 3.23. The van der Waals surface area contributed by atoms with Crippen LogP contribution < -0.4 is 10.6 Å². The Balaban J connectivity index is 1.32. The molecular weight excluding hydrogens is 355 g/mol. The summed E-state index contributed by atoms with van der Waals surface area (Å²) < 4.78 is 0. The predicted octanol–water partition coefficient (Wildman–Crippen LogP) is 4.98. The smallest absolute Gasteiger partial charge is 0.150 e. The summed E-state index contributed by atoms with van der Waals surface area (Å²) in [4.78, 5) is 0. The molecule has 0 aromatic heterocycles. The molecule has 3 N–H and O–H groups in total. The zero-order valence-electron chi connectivity index (χ0n) is 13.9. The van der Waals surface area contributed by atoms with Crippen molar-refractivity contribution >= 4 is 28.9 Å². The molecule has 3 aliphatic carbocycles. The van der Waals surface area contributed by atoms with Gasteiger partial charge in [0.25, 0.3) is 0 Å². The molecule has 3 fully saturated rings. The molecule has 0 saturated heterocycles. The number of fused-ring (bicyclic) bond motifs is 1. The van der Waals surface area contributed by atoms with Crippen LogP contribution in [0.2, 0.25) is 10.0 Å². The third-order valence-electron chi connectivity index (χ3n) is 5.59. The van der Waals surface area contributed by atoms with E-state index in [1.54, 1.807) is 18.2 Å². The van der Waals surface area contributed by atoms with E-state index in [1.165, 1.54) is 24.8 Å². The lowest BCUT2D eigenvalue weighted by molar-refractivity contribution is 0.192. The molecule has 5 heteroatoms. The summed E-state index contributed by atoms with van der Waals surface area (Å²) in [6, 6.07) is 14.0. The lowest BCUT2D eigenvalue weighted by atomic mass is 9.78. The topological polar surface area (TPSA) is 44.3 Å². The van der Waals surface area contributed by atoms with Crippen molar-refractivity contribution < 1.29 is 5.11 Å². The first kappa shape index (κ1) is 17.2. The molecule has 132 valence electrons. The van der Waals surface area contributed by atoms with Gasteiger partial charge in [0.1, 0.15) is 0 Å². The van der Waals surface area contributed by atoms with E-state index in [0.717, 1.165) is 30.1 Å². The molecular formula is C20H22Cl2N2O. The van der Waals surface area contributed by atoms with E-state index in [2.05, 4.69) is 22.8 Å². The number of benzene rings is 2. The van der Waals surface area contributed by atoms with Crippen LogP contribution in [0.25, 0.3) is 0 Å². The van der Waals surface area contributed by atoms with Gasteiger partial charge in [-0.25, -0.2) is 0 Å². The van der Waals surface area contributed by atoms with Gasteiger partial charge in [-0.15, -0.1) is 0 Å². The van der Waals surface area contributed by atoms with E-state index in [0.29, 0.717) is 15.6 Å². The SMILES string of the molecule is OC(Nc1ccc(CNC2C3CCC2C3)cc1)c1ccc(Cl)c(Cl)c1. The van der Waals surface area contributed by atoms with Crippen LogP contribution in [0, 0.1) is 11.8 Å². The van der Waals surface area contributed by atoms with Gasteiger partial charge in [-0.2, -0.15) is 0 Å². The lowest BCUT2D eigenvalue weighted by Gasteiger charge is -2.36. The molecule has 5 rings (SSSR count). The Kier molecular flexibility index (Phi) is 4.92. The van der Waals surface area contributed by atoms with Crippen LogP contribution in [0.15, 0.2) is 42.5 Å². The maximum absolute atomic E-state index is 10.3. The van der Waals surface area contributed by atoms with E-state index >= 15 is 0 Å². The van der Waals surface area contributed by atoms with Crippen LogP contribution in [0.3, 0.4) is 0 Å². The number of aliphatic hydroxyl groups is 1. The number of aliphatic hydroxyl groups excluding tert-OH is 1. The van der Waals surface area contributed by atoms with Crippen LogP contribution in [0.5, 0.6) is 0 Å². The summed E-state index contributed by atoms with van der Waals surface area (Å²) in [6.45, 7) is 0.910. The van der Waals surface area contributed by atoms with Gasteiger partial charge >= 0.3 is 0 Å². The predicted molar refractivity (Wildman–Crippen MR) is 103 cm³/mol. The summed E-state index contributed by atoms with van der Waals surface area (Å²) in [6.07, 6.45) is 3.40. The van der Waals surface area contributed by atoms with Gasteiger partial charge in [-0.1, -0.05) is 41.4 Å². The minimum atomic E-state index is -0.829. The molecule has 3 saturated carbocycles. The number of halogens is 2. The average molecular weight is 377 g/mol. The Morgan fingerprint density at radius 2 is 1.72 bits per heavy atom. The Bertz CT molecular complexity index is 736. The molecule has 0 spiro atoms. The van der Waals surface area contributed by atoms with Gasteiger partial charge in [0.05, 0.1) is 10.0 Å². The molecule has 3 aliphatic rings. The molecule has 2 aromatic rings. The van der Waals surface area contributed by atoms with Crippen LogP contribution in [-0.2, 0) is 6.54 Å². The highest BCUT2D eigenvalue weighted by atomic mass is 35.5. The van der Waals surface area contributed by atoms with Gasteiger partial charge in [-0.05, 0) is 60.9 Å². The monoisotopic (exact) mass is 376 g/mol.